The highest BCUT2D eigenvalue weighted by Crippen LogP contribution is 2.26. The van der Waals surface area contributed by atoms with Crippen molar-refractivity contribution in [1.29, 1.82) is 0 Å². The lowest BCUT2D eigenvalue weighted by Crippen LogP contribution is -2.29. The normalized spacial score (nSPS) is 12.2. The molecule has 2 N–H and O–H groups in total. The van der Waals surface area contributed by atoms with Crippen molar-refractivity contribution in [2.24, 2.45) is 7.05 Å². The zero-order valence-corrected chi connectivity index (χ0v) is 16.6. The van der Waals surface area contributed by atoms with Gasteiger partial charge in [0.05, 0.1) is 17.6 Å². The topological polar surface area (TPSA) is 111 Å². The molecule has 0 saturated heterocycles. The number of hydrogen-bond acceptors (Lipinski definition) is 6. The van der Waals surface area contributed by atoms with E-state index in [9.17, 15) is 27.2 Å². The molecule has 0 saturated carbocycles. The smallest absolute Gasteiger partial charge is 0.441 e. The number of pyridine rings is 1. The number of alkyl halides is 3. The highest BCUT2D eigenvalue weighted by molar-refractivity contribution is 5.95. The van der Waals surface area contributed by atoms with Crippen molar-refractivity contribution in [3.05, 3.63) is 54.0 Å². The number of nitrogens with zero attached hydrogens (tertiary/aromatic N) is 4. The van der Waals surface area contributed by atoms with Crippen LogP contribution in [0, 0.1) is 5.82 Å². The molecule has 1 aromatic carbocycles. The second-order valence-corrected chi connectivity index (χ2v) is 6.52. The first-order valence-electron chi connectivity index (χ1n) is 9.02. The Bertz CT molecular complexity index is 1130. The number of carbonyl (C=O) groups excluding carboxylic acids is 2. The molecule has 3 rings (SSSR count). The molecule has 0 spiro atoms. The Morgan fingerprint density at radius 3 is 2.53 bits per heavy atom. The minimum Gasteiger partial charge on any atom is -0.441 e. The predicted molar refractivity (Wildman–Crippen MR) is 104 cm³/mol. The number of ether oxygens (including phenoxy) is 1. The van der Waals surface area contributed by atoms with E-state index in [0.717, 1.165) is 6.20 Å². The summed E-state index contributed by atoms with van der Waals surface area (Å²) >= 11 is 0. The first kappa shape index (κ1) is 22.7. The van der Waals surface area contributed by atoms with Gasteiger partial charge in [0.15, 0.2) is 11.5 Å². The van der Waals surface area contributed by atoms with Crippen LogP contribution in [0.2, 0.25) is 0 Å². The number of amides is 2. The van der Waals surface area contributed by atoms with Crippen molar-refractivity contribution in [3.8, 4) is 11.4 Å². The molecule has 2 amide bonds. The second-order valence-electron chi connectivity index (χ2n) is 6.52. The van der Waals surface area contributed by atoms with Crippen LogP contribution in [0.1, 0.15) is 18.6 Å². The van der Waals surface area contributed by atoms with E-state index in [1.807, 2.05) is 0 Å². The highest BCUT2D eigenvalue weighted by Gasteiger charge is 2.38. The van der Waals surface area contributed by atoms with Crippen LogP contribution in [0.25, 0.3) is 11.4 Å². The van der Waals surface area contributed by atoms with E-state index in [1.54, 1.807) is 18.3 Å². The maximum absolute atomic E-state index is 13.4. The largest absolute Gasteiger partial charge is 0.471 e. The van der Waals surface area contributed by atoms with Gasteiger partial charge in [0.2, 0.25) is 0 Å². The Hall–Kier alpha value is -4.03. The SMILES string of the molecule is C[C@@H](OC(=O)Nc1c(-c2ccc(NC(=O)C(F)(F)F)cn2)nnn1C)c1cccc(F)c1. The summed E-state index contributed by atoms with van der Waals surface area (Å²) in [5.74, 6) is -2.51. The number of benzene rings is 1. The minimum absolute atomic E-state index is 0.0982. The number of anilines is 2. The molecule has 9 nitrogen and oxygen atoms in total. The second kappa shape index (κ2) is 8.99. The predicted octanol–water partition coefficient (Wildman–Crippen LogP) is 3.83. The van der Waals surface area contributed by atoms with Crippen LogP contribution in [-0.2, 0) is 16.6 Å². The van der Waals surface area contributed by atoms with Gasteiger partial charge < -0.3 is 10.1 Å². The molecule has 0 radical (unpaired) electrons. The van der Waals surface area contributed by atoms with Crippen LogP contribution in [0.3, 0.4) is 0 Å². The fraction of sp³-hybridized carbons (Fsp3) is 0.211. The van der Waals surface area contributed by atoms with Crippen molar-refractivity contribution < 1.29 is 31.9 Å². The molecule has 0 unspecified atom stereocenters. The molecular weight excluding hydrogens is 436 g/mol. The van der Waals surface area contributed by atoms with E-state index in [4.69, 9.17) is 4.74 Å². The van der Waals surface area contributed by atoms with Crippen LogP contribution in [0.4, 0.5) is 33.9 Å². The number of carbonyl (C=O) groups is 2. The molecule has 1 atom stereocenters. The van der Waals surface area contributed by atoms with Gasteiger partial charge >= 0.3 is 18.2 Å². The molecule has 0 aliphatic carbocycles. The number of rotatable bonds is 5. The Kier molecular flexibility index (Phi) is 6.37. The lowest BCUT2D eigenvalue weighted by Gasteiger charge is -2.14. The third-order valence-corrected chi connectivity index (χ3v) is 4.17. The summed E-state index contributed by atoms with van der Waals surface area (Å²) in [7, 11) is 1.49. The van der Waals surface area contributed by atoms with Crippen molar-refractivity contribution in [2.75, 3.05) is 10.6 Å². The van der Waals surface area contributed by atoms with Gasteiger partial charge in [-0.3, -0.25) is 15.1 Å². The maximum Gasteiger partial charge on any atom is 0.471 e. The molecule has 168 valence electrons. The number of hydrogen-bond donors (Lipinski definition) is 2. The molecular formula is C19H16F4N6O3. The monoisotopic (exact) mass is 452 g/mol. The van der Waals surface area contributed by atoms with Gasteiger partial charge in [-0.25, -0.2) is 13.9 Å². The Labute approximate surface area is 178 Å². The Balaban J connectivity index is 1.72. The van der Waals surface area contributed by atoms with Gasteiger partial charge in [-0.05, 0) is 36.8 Å². The number of aryl methyl sites for hydroxylation is 1. The lowest BCUT2D eigenvalue weighted by molar-refractivity contribution is -0.167. The zero-order chi connectivity index (χ0) is 23.5. The van der Waals surface area contributed by atoms with Gasteiger partial charge in [0, 0.05) is 7.05 Å². The lowest BCUT2D eigenvalue weighted by atomic mass is 10.1. The summed E-state index contributed by atoms with van der Waals surface area (Å²) in [5, 5.41) is 11.8. The summed E-state index contributed by atoms with van der Waals surface area (Å²) in [5.41, 5.74) is 0.535. The Morgan fingerprint density at radius 2 is 1.91 bits per heavy atom. The van der Waals surface area contributed by atoms with Gasteiger partial charge in [0.1, 0.15) is 11.9 Å². The van der Waals surface area contributed by atoms with E-state index in [2.05, 4.69) is 20.6 Å². The van der Waals surface area contributed by atoms with Crippen molar-refractivity contribution >= 4 is 23.5 Å². The summed E-state index contributed by atoms with van der Waals surface area (Å²) in [4.78, 5) is 27.3. The van der Waals surface area contributed by atoms with E-state index in [-0.39, 0.29) is 22.9 Å². The standard InChI is InChI=1S/C19H16F4N6O3/c1-10(11-4-3-5-12(20)8-11)32-18(31)26-16-15(27-28-29(16)2)14-7-6-13(9-24-14)25-17(30)19(21,22)23/h3-10H,1-2H3,(H,25,30)(H,26,31)/t10-/m1/s1. The fourth-order valence-corrected chi connectivity index (χ4v) is 2.59. The van der Waals surface area contributed by atoms with Crippen LogP contribution in [0.15, 0.2) is 42.6 Å². The molecule has 13 heteroatoms. The third kappa shape index (κ3) is 5.36. The Morgan fingerprint density at radius 1 is 1.16 bits per heavy atom. The molecule has 2 heterocycles. The molecule has 0 fully saturated rings. The minimum atomic E-state index is -5.04. The van der Waals surface area contributed by atoms with E-state index >= 15 is 0 Å². The van der Waals surface area contributed by atoms with E-state index in [0.29, 0.717) is 5.56 Å². The van der Waals surface area contributed by atoms with Gasteiger partial charge in [-0.15, -0.1) is 5.10 Å². The number of halogens is 4. The summed E-state index contributed by atoms with van der Waals surface area (Å²) in [6, 6.07) is 8.06. The first-order valence-corrected chi connectivity index (χ1v) is 9.02. The van der Waals surface area contributed by atoms with Crippen LogP contribution in [-0.4, -0.2) is 38.2 Å². The summed E-state index contributed by atoms with van der Waals surface area (Å²) in [6.45, 7) is 1.56. The fourth-order valence-electron chi connectivity index (χ4n) is 2.59. The maximum atomic E-state index is 13.4. The third-order valence-electron chi connectivity index (χ3n) is 4.17. The van der Waals surface area contributed by atoms with Crippen molar-refractivity contribution in [2.45, 2.75) is 19.2 Å². The number of nitrogens with one attached hydrogen (secondary N) is 2. The van der Waals surface area contributed by atoms with Crippen molar-refractivity contribution in [1.82, 2.24) is 20.0 Å². The molecule has 0 bridgehead atoms. The molecule has 3 aromatic rings. The van der Waals surface area contributed by atoms with Gasteiger partial charge in [-0.2, -0.15) is 13.2 Å². The highest BCUT2D eigenvalue weighted by atomic mass is 19.4. The average molecular weight is 452 g/mol. The van der Waals surface area contributed by atoms with Gasteiger partial charge in [-0.1, -0.05) is 17.3 Å². The average Bonchev–Trinajstić information content (AvgIpc) is 3.08. The van der Waals surface area contributed by atoms with Gasteiger partial charge in [0.25, 0.3) is 0 Å². The van der Waals surface area contributed by atoms with E-state index < -0.39 is 30.1 Å². The van der Waals surface area contributed by atoms with E-state index in [1.165, 1.54) is 42.1 Å². The van der Waals surface area contributed by atoms with Crippen molar-refractivity contribution in [3.63, 3.8) is 0 Å². The first-order chi connectivity index (χ1) is 15.0. The number of aromatic nitrogens is 4. The quantitative estimate of drug-likeness (QED) is 0.570. The van der Waals surface area contributed by atoms with Crippen LogP contribution < -0.4 is 10.6 Å². The summed E-state index contributed by atoms with van der Waals surface area (Å²) < 4.78 is 56.9. The molecule has 0 aliphatic heterocycles. The molecule has 0 aliphatic rings. The molecule has 2 aromatic heterocycles. The van der Waals surface area contributed by atoms with Crippen LogP contribution in [0.5, 0.6) is 0 Å². The van der Waals surface area contributed by atoms with Crippen LogP contribution >= 0.6 is 0 Å². The summed E-state index contributed by atoms with van der Waals surface area (Å²) in [6.07, 6.45) is -5.67. The zero-order valence-electron chi connectivity index (χ0n) is 16.6. The molecule has 32 heavy (non-hydrogen) atoms.